The van der Waals surface area contributed by atoms with Gasteiger partial charge < -0.3 is 4.90 Å². The average Bonchev–Trinajstić information content (AvgIpc) is 3.17. The van der Waals surface area contributed by atoms with Crippen molar-refractivity contribution in [3.05, 3.63) is 17.0 Å². The second kappa shape index (κ2) is 4.62. The molecule has 1 aromatic heterocycles. The van der Waals surface area contributed by atoms with Crippen molar-refractivity contribution in [2.24, 2.45) is 11.8 Å². The third-order valence-corrected chi connectivity index (χ3v) is 5.14. The van der Waals surface area contributed by atoms with Crippen LogP contribution in [-0.4, -0.2) is 23.1 Å². The van der Waals surface area contributed by atoms with E-state index in [0.717, 1.165) is 23.5 Å². The molecule has 2 aliphatic carbocycles. The SMILES string of the molecule is Clc1cc(N2CC3CCCCC3C2)nc(C2CC2)n1. The van der Waals surface area contributed by atoms with Crippen molar-refractivity contribution in [3.8, 4) is 0 Å². The molecule has 1 aromatic rings. The van der Waals surface area contributed by atoms with Crippen LogP contribution in [0.25, 0.3) is 0 Å². The summed E-state index contributed by atoms with van der Waals surface area (Å²) in [6.07, 6.45) is 8.07. The van der Waals surface area contributed by atoms with Crippen molar-refractivity contribution in [1.82, 2.24) is 9.97 Å². The molecule has 2 unspecified atom stereocenters. The molecule has 3 nitrogen and oxygen atoms in total. The topological polar surface area (TPSA) is 29.0 Å². The molecule has 2 saturated carbocycles. The zero-order chi connectivity index (χ0) is 12.8. The van der Waals surface area contributed by atoms with E-state index in [9.17, 15) is 0 Å². The summed E-state index contributed by atoms with van der Waals surface area (Å²) in [6.45, 7) is 2.34. The minimum Gasteiger partial charge on any atom is -0.356 e. The van der Waals surface area contributed by atoms with Crippen LogP contribution in [0.2, 0.25) is 5.15 Å². The lowest BCUT2D eigenvalue weighted by molar-refractivity contribution is 0.299. The van der Waals surface area contributed by atoms with Gasteiger partial charge in [0, 0.05) is 25.1 Å². The smallest absolute Gasteiger partial charge is 0.135 e. The minimum absolute atomic E-state index is 0.572. The molecule has 2 atom stereocenters. The molecule has 1 aliphatic heterocycles. The van der Waals surface area contributed by atoms with Gasteiger partial charge in [-0.2, -0.15) is 0 Å². The summed E-state index contributed by atoms with van der Waals surface area (Å²) in [4.78, 5) is 11.6. The van der Waals surface area contributed by atoms with Gasteiger partial charge in [-0.25, -0.2) is 9.97 Å². The first kappa shape index (κ1) is 12.0. The molecule has 0 aromatic carbocycles. The lowest BCUT2D eigenvalue weighted by atomic mass is 9.82. The van der Waals surface area contributed by atoms with Crippen LogP contribution >= 0.6 is 11.6 Å². The Kier molecular flexibility index (Phi) is 2.91. The van der Waals surface area contributed by atoms with Crippen LogP contribution in [-0.2, 0) is 0 Å². The first-order valence-electron chi connectivity index (χ1n) is 7.59. The molecule has 3 aliphatic rings. The van der Waals surface area contributed by atoms with Crippen LogP contribution < -0.4 is 4.90 Å². The molecule has 19 heavy (non-hydrogen) atoms. The molecule has 4 heteroatoms. The number of rotatable bonds is 2. The molecule has 102 valence electrons. The van der Waals surface area contributed by atoms with Crippen molar-refractivity contribution >= 4 is 17.4 Å². The first-order valence-corrected chi connectivity index (χ1v) is 7.97. The van der Waals surface area contributed by atoms with Gasteiger partial charge in [-0.1, -0.05) is 24.4 Å². The second-order valence-electron chi connectivity index (χ2n) is 6.39. The lowest BCUT2D eigenvalue weighted by Gasteiger charge is -2.22. The van der Waals surface area contributed by atoms with Gasteiger partial charge in [0.2, 0.25) is 0 Å². The molecule has 4 rings (SSSR count). The van der Waals surface area contributed by atoms with Crippen molar-refractivity contribution in [2.45, 2.75) is 44.4 Å². The predicted molar refractivity (Wildman–Crippen MR) is 76.7 cm³/mol. The summed E-state index contributed by atoms with van der Waals surface area (Å²) < 4.78 is 0. The van der Waals surface area contributed by atoms with Gasteiger partial charge in [0.05, 0.1) is 0 Å². The number of hydrogen-bond acceptors (Lipinski definition) is 3. The highest BCUT2D eigenvalue weighted by Gasteiger charge is 2.35. The fraction of sp³-hybridized carbons (Fsp3) is 0.733. The van der Waals surface area contributed by atoms with Gasteiger partial charge in [-0.3, -0.25) is 0 Å². The average molecular weight is 278 g/mol. The summed E-state index contributed by atoms with van der Waals surface area (Å²) in [5.74, 6) is 4.37. The van der Waals surface area contributed by atoms with Crippen LogP contribution in [0.15, 0.2) is 6.07 Å². The van der Waals surface area contributed by atoms with E-state index in [1.165, 1.54) is 51.6 Å². The Morgan fingerprint density at radius 2 is 1.68 bits per heavy atom. The molecular formula is C15H20ClN3. The van der Waals surface area contributed by atoms with E-state index in [1.807, 2.05) is 6.07 Å². The molecule has 3 fully saturated rings. The largest absolute Gasteiger partial charge is 0.356 e. The highest BCUT2D eigenvalue weighted by atomic mass is 35.5. The third kappa shape index (κ3) is 2.33. The molecule has 0 bridgehead atoms. The van der Waals surface area contributed by atoms with Crippen molar-refractivity contribution in [2.75, 3.05) is 18.0 Å². The Labute approximate surface area is 119 Å². The predicted octanol–water partition coefficient (Wildman–Crippen LogP) is 3.63. The van der Waals surface area contributed by atoms with E-state index in [0.29, 0.717) is 11.1 Å². The first-order chi connectivity index (χ1) is 9.29. The number of halogens is 1. The normalized spacial score (nSPS) is 30.5. The van der Waals surface area contributed by atoms with Crippen molar-refractivity contribution in [3.63, 3.8) is 0 Å². The van der Waals surface area contributed by atoms with Gasteiger partial charge in [-0.05, 0) is 37.5 Å². The van der Waals surface area contributed by atoms with E-state index in [1.54, 1.807) is 0 Å². The summed E-state index contributed by atoms with van der Waals surface area (Å²) >= 11 is 6.18. The number of aromatic nitrogens is 2. The fourth-order valence-electron chi connectivity index (χ4n) is 3.70. The Balaban J connectivity index is 1.58. The van der Waals surface area contributed by atoms with Crippen LogP contribution in [0.3, 0.4) is 0 Å². The third-order valence-electron chi connectivity index (χ3n) is 4.94. The van der Waals surface area contributed by atoms with E-state index in [4.69, 9.17) is 16.6 Å². The van der Waals surface area contributed by atoms with Gasteiger partial charge in [0.1, 0.15) is 16.8 Å². The van der Waals surface area contributed by atoms with Crippen molar-refractivity contribution in [1.29, 1.82) is 0 Å². The van der Waals surface area contributed by atoms with Gasteiger partial charge >= 0.3 is 0 Å². The van der Waals surface area contributed by atoms with E-state index < -0.39 is 0 Å². The highest BCUT2D eigenvalue weighted by Crippen LogP contribution is 2.41. The molecular weight excluding hydrogens is 258 g/mol. The van der Waals surface area contributed by atoms with Crippen LogP contribution in [0, 0.1) is 11.8 Å². The Morgan fingerprint density at radius 3 is 2.32 bits per heavy atom. The highest BCUT2D eigenvalue weighted by molar-refractivity contribution is 6.29. The summed E-state index contributed by atoms with van der Waals surface area (Å²) in [5, 5.41) is 0.613. The Morgan fingerprint density at radius 1 is 1.00 bits per heavy atom. The second-order valence-corrected chi connectivity index (χ2v) is 6.78. The number of anilines is 1. The van der Waals surface area contributed by atoms with E-state index in [2.05, 4.69) is 9.88 Å². The van der Waals surface area contributed by atoms with Crippen LogP contribution in [0.1, 0.15) is 50.3 Å². The molecule has 2 heterocycles. The molecule has 0 spiro atoms. The quantitative estimate of drug-likeness (QED) is 0.773. The summed E-state index contributed by atoms with van der Waals surface area (Å²) in [5.41, 5.74) is 0. The zero-order valence-corrected chi connectivity index (χ0v) is 11.9. The number of hydrogen-bond donors (Lipinski definition) is 0. The standard InChI is InChI=1S/C15H20ClN3/c16-13-7-14(18-15(17-13)10-5-6-10)19-8-11-3-1-2-4-12(11)9-19/h7,10-12H,1-6,8-9H2. The number of fused-ring (bicyclic) bond motifs is 1. The van der Waals surface area contributed by atoms with Gasteiger partial charge in [0.15, 0.2) is 0 Å². The van der Waals surface area contributed by atoms with Crippen LogP contribution in [0.5, 0.6) is 0 Å². The molecule has 0 N–H and O–H groups in total. The Bertz CT molecular complexity index is 472. The van der Waals surface area contributed by atoms with Gasteiger partial charge in [0.25, 0.3) is 0 Å². The molecule has 0 radical (unpaired) electrons. The van der Waals surface area contributed by atoms with Crippen LogP contribution in [0.4, 0.5) is 5.82 Å². The zero-order valence-electron chi connectivity index (χ0n) is 11.2. The van der Waals surface area contributed by atoms with E-state index in [-0.39, 0.29) is 0 Å². The maximum atomic E-state index is 6.18. The Hall–Kier alpha value is -0.830. The lowest BCUT2D eigenvalue weighted by Crippen LogP contribution is -2.21. The summed E-state index contributed by atoms with van der Waals surface area (Å²) in [6, 6.07) is 1.95. The van der Waals surface area contributed by atoms with Crippen molar-refractivity contribution < 1.29 is 0 Å². The summed E-state index contributed by atoms with van der Waals surface area (Å²) in [7, 11) is 0. The fourth-order valence-corrected chi connectivity index (χ4v) is 3.89. The molecule has 0 amide bonds. The maximum Gasteiger partial charge on any atom is 0.135 e. The maximum absolute atomic E-state index is 6.18. The molecule has 1 saturated heterocycles. The minimum atomic E-state index is 0.572. The van der Waals surface area contributed by atoms with Gasteiger partial charge in [-0.15, -0.1) is 0 Å². The van der Waals surface area contributed by atoms with E-state index >= 15 is 0 Å². The monoisotopic (exact) mass is 277 g/mol. The number of nitrogens with zero attached hydrogens (tertiary/aromatic N) is 3.